The lowest BCUT2D eigenvalue weighted by molar-refractivity contribution is 0.102. The van der Waals surface area contributed by atoms with Gasteiger partial charge in [-0.1, -0.05) is 18.2 Å². The number of nitrogens with two attached hydrogens (primary N) is 1. The Kier molecular flexibility index (Phi) is 3.28. The van der Waals surface area contributed by atoms with Crippen molar-refractivity contribution in [2.24, 2.45) is 0 Å². The largest absolute Gasteiger partial charge is 0.453 e. The number of carbonyl (C=O) groups is 1. The Labute approximate surface area is 120 Å². The predicted molar refractivity (Wildman–Crippen MR) is 80.4 cm³/mol. The molecule has 0 atom stereocenters. The van der Waals surface area contributed by atoms with E-state index in [2.05, 4.69) is 0 Å². The van der Waals surface area contributed by atoms with Gasteiger partial charge in [-0.2, -0.15) is 0 Å². The number of hydrogen-bond donors (Lipinski definition) is 1. The Hall–Kier alpha value is -2.88. The van der Waals surface area contributed by atoms with E-state index in [4.69, 9.17) is 10.2 Å². The number of allylic oxidation sites excluding steroid dienone is 1. The van der Waals surface area contributed by atoms with Crippen molar-refractivity contribution in [3.8, 4) is 0 Å². The summed E-state index contributed by atoms with van der Waals surface area (Å²) >= 11 is 0. The summed E-state index contributed by atoms with van der Waals surface area (Å²) < 4.78 is 18.5. The molecule has 0 saturated carbocycles. The fraction of sp³-hybridized carbons (Fsp3) is 0. The van der Waals surface area contributed by atoms with Crippen LogP contribution in [0, 0.1) is 5.82 Å². The van der Waals surface area contributed by atoms with Crippen molar-refractivity contribution in [2.75, 3.05) is 5.73 Å². The molecule has 3 nitrogen and oxygen atoms in total. The quantitative estimate of drug-likeness (QED) is 0.447. The number of halogens is 1. The minimum Gasteiger partial charge on any atom is -0.453 e. The topological polar surface area (TPSA) is 56.2 Å². The van der Waals surface area contributed by atoms with Crippen molar-refractivity contribution >= 4 is 28.5 Å². The van der Waals surface area contributed by atoms with Gasteiger partial charge >= 0.3 is 0 Å². The highest BCUT2D eigenvalue weighted by molar-refractivity contribution is 6.06. The first-order valence-electron chi connectivity index (χ1n) is 6.39. The number of ketones is 1. The van der Waals surface area contributed by atoms with Crippen LogP contribution < -0.4 is 5.73 Å². The molecule has 4 heteroatoms. The molecule has 0 spiro atoms. The first kappa shape index (κ1) is 13.1. The molecule has 1 aromatic heterocycles. The minimum atomic E-state index is -0.361. The molecule has 104 valence electrons. The number of furan rings is 1. The number of carbonyl (C=O) groups excluding carboxylic acids is 1. The summed E-state index contributed by atoms with van der Waals surface area (Å²) in [5, 5.41) is 0.569. The van der Waals surface area contributed by atoms with Crippen LogP contribution in [-0.2, 0) is 0 Å². The number of anilines is 1. The first-order chi connectivity index (χ1) is 10.1. The Morgan fingerprint density at radius 3 is 2.62 bits per heavy atom. The summed E-state index contributed by atoms with van der Waals surface area (Å²) in [7, 11) is 0. The molecule has 0 amide bonds. The van der Waals surface area contributed by atoms with Crippen LogP contribution in [0.2, 0.25) is 0 Å². The Bertz CT molecular complexity index is 832. The molecule has 0 unspecified atom stereocenters. The molecule has 1 heterocycles. The second-order valence-corrected chi connectivity index (χ2v) is 4.66. The molecule has 21 heavy (non-hydrogen) atoms. The minimum absolute atomic E-state index is 0.183. The summed E-state index contributed by atoms with van der Waals surface area (Å²) in [5.41, 5.74) is 7.60. The molecule has 0 saturated heterocycles. The summed E-state index contributed by atoms with van der Waals surface area (Å²) in [5.74, 6) is -0.453. The highest BCUT2D eigenvalue weighted by atomic mass is 19.1. The van der Waals surface area contributed by atoms with Crippen LogP contribution in [0.4, 0.5) is 10.1 Å². The molecule has 0 bridgehead atoms. The molecule has 0 aliphatic rings. The lowest BCUT2D eigenvalue weighted by Gasteiger charge is -1.94. The average Bonchev–Trinajstić information content (AvgIpc) is 2.89. The molecule has 0 fully saturated rings. The zero-order valence-corrected chi connectivity index (χ0v) is 11.0. The summed E-state index contributed by atoms with van der Waals surface area (Å²) in [6, 6.07) is 12.8. The second kappa shape index (κ2) is 5.25. The van der Waals surface area contributed by atoms with Crippen molar-refractivity contribution in [3.63, 3.8) is 0 Å². The Balaban J connectivity index is 1.84. The number of rotatable bonds is 3. The summed E-state index contributed by atoms with van der Waals surface area (Å²) in [6.45, 7) is 0. The van der Waals surface area contributed by atoms with Crippen molar-refractivity contribution in [1.29, 1.82) is 0 Å². The van der Waals surface area contributed by atoms with Gasteiger partial charge in [0.15, 0.2) is 5.76 Å². The van der Waals surface area contributed by atoms with Gasteiger partial charge in [0.1, 0.15) is 11.4 Å². The van der Waals surface area contributed by atoms with Crippen molar-refractivity contribution in [3.05, 3.63) is 71.7 Å². The standard InChI is InChI=1S/C17H12FNO2/c18-13-4-8-16-12(9-13)10-17(21-16)15(20)7-3-11-1-5-14(19)6-2-11/h1-10H,19H2/b7-3+. The third-order valence-corrected chi connectivity index (χ3v) is 3.08. The van der Waals surface area contributed by atoms with Gasteiger partial charge in [0.2, 0.25) is 5.78 Å². The second-order valence-electron chi connectivity index (χ2n) is 4.66. The lowest BCUT2D eigenvalue weighted by atomic mass is 10.1. The van der Waals surface area contributed by atoms with E-state index in [1.807, 2.05) is 12.1 Å². The smallest absolute Gasteiger partial charge is 0.221 e. The Morgan fingerprint density at radius 1 is 1.10 bits per heavy atom. The van der Waals surface area contributed by atoms with Crippen LogP contribution in [0.1, 0.15) is 16.1 Å². The molecular weight excluding hydrogens is 269 g/mol. The fourth-order valence-electron chi connectivity index (χ4n) is 2.00. The van der Waals surface area contributed by atoms with Gasteiger partial charge in [-0.25, -0.2) is 4.39 Å². The van der Waals surface area contributed by atoms with Crippen molar-refractivity contribution in [1.82, 2.24) is 0 Å². The van der Waals surface area contributed by atoms with E-state index in [0.717, 1.165) is 5.56 Å². The van der Waals surface area contributed by atoms with Crippen LogP contribution in [0.3, 0.4) is 0 Å². The van der Waals surface area contributed by atoms with Crippen LogP contribution in [-0.4, -0.2) is 5.78 Å². The fourth-order valence-corrected chi connectivity index (χ4v) is 2.00. The molecule has 3 aromatic rings. The van der Waals surface area contributed by atoms with E-state index < -0.39 is 0 Å². The third-order valence-electron chi connectivity index (χ3n) is 3.08. The number of nitrogen functional groups attached to an aromatic ring is 1. The molecule has 0 radical (unpaired) electrons. The van der Waals surface area contributed by atoms with E-state index >= 15 is 0 Å². The summed E-state index contributed by atoms with van der Waals surface area (Å²) in [4.78, 5) is 12.0. The van der Waals surface area contributed by atoms with Crippen molar-refractivity contribution in [2.45, 2.75) is 0 Å². The van der Waals surface area contributed by atoms with Crippen LogP contribution in [0.15, 0.2) is 59.0 Å². The number of benzene rings is 2. The van der Waals surface area contributed by atoms with Gasteiger partial charge in [-0.05, 0) is 48.0 Å². The van der Waals surface area contributed by atoms with Crippen molar-refractivity contribution < 1.29 is 13.6 Å². The van der Waals surface area contributed by atoms with Gasteiger partial charge in [-0.3, -0.25) is 4.79 Å². The van der Waals surface area contributed by atoms with Gasteiger partial charge < -0.3 is 10.2 Å². The highest BCUT2D eigenvalue weighted by Gasteiger charge is 2.10. The van der Waals surface area contributed by atoms with Gasteiger partial charge in [0, 0.05) is 11.1 Å². The molecule has 0 aliphatic heterocycles. The number of hydrogen-bond acceptors (Lipinski definition) is 3. The molecule has 2 aromatic carbocycles. The molecule has 2 N–H and O–H groups in total. The SMILES string of the molecule is Nc1ccc(/C=C/C(=O)c2cc3cc(F)ccc3o2)cc1. The lowest BCUT2D eigenvalue weighted by Crippen LogP contribution is -1.90. The number of fused-ring (bicyclic) bond motifs is 1. The molecule has 0 aliphatic carbocycles. The average molecular weight is 281 g/mol. The van der Waals surface area contributed by atoms with E-state index in [1.54, 1.807) is 18.2 Å². The zero-order valence-electron chi connectivity index (χ0n) is 11.0. The summed E-state index contributed by atoms with van der Waals surface area (Å²) in [6.07, 6.45) is 3.09. The maximum absolute atomic E-state index is 13.1. The van der Waals surface area contributed by atoms with E-state index in [0.29, 0.717) is 16.7 Å². The molecular formula is C17H12FNO2. The van der Waals surface area contributed by atoms with E-state index in [9.17, 15) is 9.18 Å². The zero-order chi connectivity index (χ0) is 14.8. The first-order valence-corrected chi connectivity index (χ1v) is 6.39. The van der Waals surface area contributed by atoms with E-state index in [1.165, 1.54) is 30.3 Å². The Morgan fingerprint density at radius 2 is 1.86 bits per heavy atom. The monoisotopic (exact) mass is 281 g/mol. The molecule has 3 rings (SSSR count). The normalized spacial score (nSPS) is 11.3. The van der Waals surface area contributed by atoms with Crippen LogP contribution in [0.25, 0.3) is 17.0 Å². The van der Waals surface area contributed by atoms with Gasteiger partial charge in [0.25, 0.3) is 0 Å². The van der Waals surface area contributed by atoms with E-state index in [-0.39, 0.29) is 17.4 Å². The van der Waals surface area contributed by atoms with Crippen LogP contribution in [0.5, 0.6) is 0 Å². The maximum Gasteiger partial charge on any atom is 0.221 e. The highest BCUT2D eigenvalue weighted by Crippen LogP contribution is 2.21. The van der Waals surface area contributed by atoms with Crippen LogP contribution >= 0.6 is 0 Å². The van der Waals surface area contributed by atoms with Gasteiger partial charge in [0.05, 0.1) is 0 Å². The van der Waals surface area contributed by atoms with Gasteiger partial charge in [-0.15, -0.1) is 0 Å². The third kappa shape index (κ3) is 2.84. The maximum atomic E-state index is 13.1. The predicted octanol–water partition coefficient (Wildman–Crippen LogP) is 4.05.